The molecule has 3 rings (SSSR count). The molecule has 0 atom stereocenters. The second-order valence-electron chi connectivity index (χ2n) is 5.04. The summed E-state index contributed by atoms with van der Waals surface area (Å²) in [5.41, 5.74) is 1.21. The van der Waals surface area contributed by atoms with Crippen molar-refractivity contribution in [2.45, 2.75) is 13.5 Å². The van der Waals surface area contributed by atoms with Gasteiger partial charge in [-0.15, -0.1) is 4.80 Å². The van der Waals surface area contributed by atoms with E-state index in [-0.39, 0.29) is 18.0 Å². The maximum Gasteiger partial charge on any atom is 0.356 e. The average Bonchev–Trinajstić information content (AvgIpc) is 3.17. The molecular formula is C16H14BrN5O5. The summed E-state index contributed by atoms with van der Waals surface area (Å²) in [6, 6.07) is 6.44. The number of carboxylic acids is 2. The van der Waals surface area contributed by atoms with Crippen molar-refractivity contribution < 1.29 is 24.9 Å². The van der Waals surface area contributed by atoms with Gasteiger partial charge in [0.25, 0.3) is 0 Å². The third-order valence-electron chi connectivity index (χ3n) is 3.12. The minimum Gasteiger partial charge on any atom is -0.476 e. The first kappa shape index (κ1) is 20.1. The van der Waals surface area contributed by atoms with Gasteiger partial charge in [0.15, 0.2) is 11.4 Å². The van der Waals surface area contributed by atoms with Crippen LogP contribution in [0.5, 0.6) is 0 Å². The third-order valence-corrected chi connectivity index (χ3v) is 3.76. The van der Waals surface area contributed by atoms with E-state index in [2.05, 4.69) is 36.1 Å². The molecule has 0 unspecified atom stereocenters. The minimum absolute atomic E-state index is 0.0498. The van der Waals surface area contributed by atoms with Crippen LogP contribution in [0.15, 0.2) is 41.1 Å². The number of aromatic carboxylic acids is 2. The Morgan fingerprint density at radius 3 is 2.19 bits per heavy atom. The second-order valence-corrected chi connectivity index (χ2v) is 5.89. The van der Waals surface area contributed by atoms with Crippen molar-refractivity contribution in [2.75, 3.05) is 0 Å². The Morgan fingerprint density at radius 2 is 1.63 bits per heavy atom. The predicted molar refractivity (Wildman–Crippen MR) is 95.7 cm³/mol. The van der Waals surface area contributed by atoms with Gasteiger partial charge in [0.1, 0.15) is 5.69 Å². The fourth-order valence-electron chi connectivity index (χ4n) is 1.93. The van der Waals surface area contributed by atoms with E-state index < -0.39 is 11.9 Å². The van der Waals surface area contributed by atoms with Crippen LogP contribution in [0.25, 0.3) is 5.69 Å². The quantitative estimate of drug-likeness (QED) is 0.555. The summed E-state index contributed by atoms with van der Waals surface area (Å²) in [4.78, 5) is 30.3. The lowest BCUT2D eigenvalue weighted by molar-refractivity contribution is 0.0678. The first-order chi connectivity index (χ1) is 12.8. The fourth-order valence-corrected chi connectivity index (χ4v) is 2.32. The Morgan fingerprint density at radius 1 is 1.00 bits per heavy atom. The lowest BCUT2D eigenvalue weighted by Crippen LogP contribution is -2.10. The molecule has 3 heterocycles. The van der Waals surface area contributed by atoms with Crippen molar-refractivity contribution in [3.8, 4) is 5.69 Å². The van der Waals surface area contributed by atoms with Crippen molar-refractivity contribution in [2.24, 2.45) is 0 Å². The highest BCUT2D eigenvalue weighted by Crippen LogP contribution is 2.15. The summed E-state index contributed by atoms with van der Waals surface area (Å²) in [6.07, 6.45) is 2.96. The summed E-state index contributed by atoms with van der Waals surface area (Å²) in [5.74, 6) is -2.21. The monoisotopic (exact) mass is 435 g/mol. The molecule has 11 heteroatoms. The number of aliphatic hydroxyl groups excluding tert-OH is 1. The van der Waals surface area contributed by atoms with E-state index in [4.69, 9.17) is 15.3 Å². The van der Waals surface area contributed by atoms with Crippen LogP contribution in [0.1, 0.15) is 32.4 Å². The number of pyridine rings is 2. The molecule has 0 saturated heterocycles. The van der Waals surface area contributed by atoms with Crippen molar-refractivity contribution in [1.82, 2.24) is 25.0 Å². The highest BCUT2D eigenvalue weighted by Gasteiger charge is 2.14. The summed E-state index contributed by atoms with van der Waals surface area (Å²) in [5, 5.41) is 34.0. The fraction of sp³-hybridized carbons (Fsp3) is 0.125. The lowest BCUT2D eigenvalue weighted by atomic mass is 10.2. The van der Waals surface area contributed by atoms with Crippen molar-refractivity contribution in [3.05, 3.63) is 63.9 Å². The molecule has 3 aromatic rings. The molecule has 0 aliphatic carbocycles. The topological polar surface area (TPSA) is 151 Å². The van der Waals surface area contributed by atoms with E-state index in [1.807, 2.05) is 0 Å². The molecule has 0 fully saturated rings. The van der Waals surface area contributed by atoms with Gasteiger partial charge in [-0.3, -0.25) is 0 Å². The molecule has 27 heavy (non-hydrogen) atoms. The Kier molecular flexibility index (Phi) is 6.68. The van der Waals surface area contributed by atoms with Crippen LogP contribution in [-0.2, 0) is 6.61 Å². The van der Waals surface area contributed by atoms with Gasteiger partial charge in [-0.2, -0.15) is 10.2 Å². The van der Waals surface area contributed by atoms with E-state index in [9.17, 15) is 9.59 Å². The Balaban J connectivity index is 0.000000199. The van der Waals surface area contributed by atoms with Gasteiger partial charge in [-0.25, -0.2) is 19.6 Å². The molecule has 0 aromatic carbocycles. The van der Waals surface area contributed by atoms with Gasteiger partial charge in [-0.1, -0.05) is 0 Å². The zero-order chi connectivity index (χ0) is 20.0. The van der Waals surface area contributed by atoms with E-state index in [0.29, 0.717) is 21.5 Å². The number of aromatic nitrogens is 5. The molecule has 3 aromatic heterocycles. The Bertz CT molecular complexity index is 962. The predicted octanol–water partition coefficient (Wildman–Crippen LogP) is 1.70. The van der Waals surface area contributed by atoms with Crippen LogP contribution >= 0.6 is 15.9 Å². The van der Waals surface area contributed by atoms with Crippen molar-refractivity contribution >= 4 is 27.9 Å². The summed E-state index contributed by atoms with van der Waals surface area (Å²) in [7, 11) is 0. The van der Waals surface area contributed by atoms with Crippen LogP contribution in [-0.4, -0.2) is 52.2 Å². The molecule has 0 bridgehead atoms. The number of carbonyl (C=O) groups is 2. The molecule has 0 radical (unpaired) electrons. The lowest BCUT2D eigenvalue weighted by Gasteiger charge is -2.04. The van der Waals surface area contributed by atoms with E-state index in [1.165, 1.54) is 17.2 Å². The largest absolute Gasteiger partial charge is 0.476 e. The number of rotatable bonds is 4. The van der Waals surface area contributed by atoms with Gasteiger partial charge in [0.2, 0.25) is 0 Å². The second kappa shape index (κ2) is 8.96. The van der Waals surface area contributed by atoms with Gasteiger partial charge in [0, 0.05) is 5.69 Å². The number of nitrogens with zero attached hydrogens (tertiary/aromatic N) is 5. The molecule has 10 nitrogen and oxygen atoms in total. The molecule has 3 N–H and O–H groups in total. The molecule has 0 aliphatic rings. The molecule has 140 valence electrons. The zero-order valence-corrected chi connectivity index (χ0v) is 15.5. The summed E-state index contributed by atoms with van der Waals surface area (Å²) < 4.78 is 0.409. The SMILES string of the molecule is Cc1ccc(-n2nccn2)c(C(=O)O)n1.O=C(O)c1nc(CO)ccc1Br. The normalized spacial score (nSPS) is 10.0. The van der Waals surface area contributed by atoms with E-state index >= 15 is 0 Å². The number of halogens is 1. The van der Waals surface area contributed by atoms with Gasteiger partial charge in [0.05, 0.1) is 29.2 Å². The number of aliphatic hydroxyl groups is 1. The maximum atomic E-state index is 10.9. The smallest absolute Gasteiger partial charge is 0.356 e. The molecular weight excluding hydrogens is 422 g/mol. The van der Waals surface area contributed by atoms with Crippen LogP contribution in [0.3, 0.4) is 0 Å². The summed E-state index contributed by atoms with van der Waals surface area (Å²) >= 11 is 3.04. The number of hydrogen-bond donors (Lipinski definition) is 3. The third kappa shape index (κ3) is 5.15. The maximum absolute atomic E-state index is 10.9. The summed E-state index contributed by atoms with van der Waals surface area (Å²) in [6.45, 7) is 1.47. The van der Waals surface area contributed by atoms with Crippen LogP contribution in [0.4, 0.5) is 0 Å². The highest BCUT2D eigenvalue weighted by atomic mass is 79.9. The van der Waals surface area contributed by atoms with Gasteiger partial charge in [-0.05, 0) is 47.1 Å². The van der Waals surface area contributed by atoms with Crippen molar-refractivity contribution in [1.29, 1.82) is 0 Å². The Labute approximate surface area is 161 Å². The van der Waals surface area contributed by atoms with Crippen LogP contribution in [0.2, 0.25) is 0 Å². The highest BCUT2D eigenvalue weighted by molar-refractivity contribution is 9.10. The Hall–Kier alpha value is -3.18. The molecule has 0 aliphatic heterocycles. The number of aryl methyl sites for hydroxylation is 1. The van der Waals surface area contributed by atoms with E-state index in [0.717, 1.165) is 0 Å². The van der Waals surface area contributed by atoms with E-state index in [1.54, 1.807) is 31.2 Å². The van der Waals surface area contributed by atoms with Crippen LogP contribution < -0.4 is 0 Å². The van der Waals surface area contributed by atoms with Crippen LogP contribution in [0, 0.1) is 6.92 Å². The number of carboxylic acid groups (broad SMARTS) is 2. The molecule has 0 spiro atoms. The van der Waals surface area contributed by atoms with Gasteiger partial charge < -0.3 is 15.3 Å². The average molecular weight is 436 g/mol. The first-order valence-corrected chi connectivity index (χ1v) is 8.20. The first-order valence-electron chi connectivity index (χ1n) is 7.40. The van der Waals surface area contributed by atoms with Crippen molar-refractivity contribution in [3.63, 3.8) is 0 Å². The zero-order valence-electron chi connectivity index (χ0n) is 13.9. The molecule has 0 amide bonds. The standard InChI is InChI=1S/C9H8N4O2.C7H6BrNO3/c1-6-2-3-7(8(12-6)9(14)15)13-10-4-5-11-13;8-5-2-1-4(3-10)9-6(5)7(11)12/h2-5H,1H3,(H,14,15);1-2,10H,3H2,(H,11,12). The van der Waals surface area contributed by atoms with Gasteiger partial charge >= 0.3 is 11.9 Å². The molecule has 0 saturated carbocycles. The minimum atomic E-state index is -1.11. The number of hydrogen-bond acceptors (Lipinski definition) is 7.